The Labute approximate surface area is 163 Å². The van der Waals surface area contributed by atoms with E-state index in [0.717, 1.165) is 13.1 Å². The molecule has 0 unspecified atom stereocenters. The van der Waals surface area contributed by atoms with Gasteiger partial charge in [0.1, 0.15) is 16.9 Å². The Hall–Kier alpha value is -2.99. The van der Waals surface area contributed by atoms with Crippen LogP contribution in [0.3, 0.4) is 0 Å². The number of aromatic nitrogens is 5. The number of fused-ring (bicyclic) bond motifs is 1. The van der Waals surface area contributed by atoms with Crippen LogP contribution in [-0.2, 0) is 0 Å². The summed E-state index contributed by atoms with van der Waals surface area (Å²) in [5.74, 6) is -0.304. The maximum atomic E-state index is 12.8. The van der Waals surface area contributed by atoms with Gasteiger partial charge in [0.25, 0.3) is 5.91 Å². The lowest BCUT2D eigenvalue weighted by molar-refractivity contribution is -0.391. The summed E-state index contributed by atoms with van der Waals surface area (Å²) in [6.45, 7) is 4.83. The molecule has 0 spiro atoms. The van der Waals surface area contributed by atoms with Crippen molar-refractivity contribution < 1.29 is 9.72 Å². The van der Waals surface area contributed by atoms with Crippen LogP contribution in [0.25, 0.3) is 5.65 Å². The van der Waals surface area contributed by atoms with E-state index in [1.165, 1.54) is 22.5 Å². The van der Waals surface area contributed by atoms with Crippen molar-refractivity contribution in [3.05, 3.63) is 39.8 Å². The van der Waals surface area contributed by atoms with Crippen LogP contribution in [-0.4, -0.2) is 78.4 Å². The molecule has 0 saturated carbocycles. The molecule has 3 aromatic rings. The fourth-order valence-electron chi connectivity index (χ4n) is 2.97. The van der Waals surface area contributed by atoms with Gasteiger partial charge in [0, 0.05) is 37.9 Å². The van der Waals surface area contributed by atoms with Crippen LogP contribution in [0.15, 0.2) is 28.5 Å². The zero-order valence-electron chi connectivity index (χ0n) is 15.3. The third-order valence-electron chi connectivity index (χ3n) is 4.56. The molecule has 1 aliphatic rings. The molecule has 0 aliphatic carbocycles. The van der Waals surface area contributed by atoms with E-state index < -0.39 is 4.92 Å². The van der Waals surface area contributed by atoms with Gasteiger partial charge in [0.2, 0.25) is 5.65 Å². The molecule has 0 aromatic carbocycles. The number of carbonyl (C=O) groups is 1. The number of nitrogens with one attached hydrogen (secondary N) is 1. The maximum absolute atomic E-state index is 12.8. The minimum atomic E-state index is -0.536. The average molecular weight is 402 g/mol. The number of imidazole rings is 2. The highest BCUT2D eigenvalue weighted by atomic mass is 32.2. The average Bonchev–Trinajstić information content (AvgIpc) is 3.25. The Balaban J connectivity index is 1.55. The van der Waals surface area contributed by atoms with Gasteiger partial charge in [0.05, 0.1) is 0 Å². The zero-order chi connectivity index (χ0) is 19.8. The number of aryl methyl sites for hydroxylation is 1. The van der Waals surface area contributed by atoms with Crippen LogP contribution < -0.4 is 0 Å². The highest BCUT2D eigenvalue weighted by Gasteiger charge is 2.25. The summed E-state index contributed by atoms with van der Waals surface area (Å²) in [7, 11) is 2.03. The van der Waals surface area contributed by atoms with E-state index in [0.29, 0.717) is 40.3 Å². The first-order chi connectivity index (χ1) is 13.4. The van der Waals surface area contributed by atoms with Crippen molar-refractivity contribution in [1.82, 2.24) is 34.4 Å². The second kappa shape index (κ2) is 7.20. The van der Waals surface area contributed by atoms with Gasteiger partial charge in [-0.2, -0.15) is 0 Å². The summed E-state index contributed by atoms with van der Waals surface area (Å²) in [6.07, 6.45) is 1.17. The molecule has 1 N–H and O–H groups in total. The lowest BCUT2D eigenvalue weighted by atomic mass is 10.2. The topological polar surface area (TPSA) is 126 Å². The van der Waals surface area contributed by atoms with Crippen molar-refractivity contribution in [1.29, 1.82) is 0 Å². The number of aromatic amines is 1. The Morgan fingerprint density at radius 2 is 2.04 bits per heavy atom. The van der Waals surface area contributed by atoms with Crippen LogP contribution >= 0.6 is 11.8 Å². The number of hydrogen-bond donors (Lipinski definition) is 1. The second-order valence-electron chi connectivity index (χ2n) is 6.53. The Bertz CT molecular complexity index is 1050. The first-order valence-electron chi connectivity index (χ1n) is 8.64. The van der Waals surface area contributed by atoms with E-state index in [1.54, 1.807) is 24.0 Å². The van der Waals surface area contributed by atoms with E-state index in [2.05, 4.69) is 25.0 Å². The summed E-state index contributed by atoms with van der Waals surface area (Å²) < 4.78 is 1.18. The molecule has 28 heavy (non-hydrogen) atoms. The number of nitro groups is 1. The molecule has 4 heterocycles. The highest BCUT2D eigenvalue weighted by Crippen LogP contribution is 2.26. The van der Waals surface area contributed by atoms with Crippen molar-refractivity contribution in [3.8, 4) is 0 Å². The normalized spacial score (nSPS) is 15.3. The van der Waals surface area contributed by atoms with Crippen molar-refractivity contribution >= 4 is 29.1 Å². The molecule has 12 heteroatoms. The van der Waals surface area contributed by atoms with Crippen LogP contribution in [0.1, 0.15) is 16.2 Å². The quantitative estimate of drug-likeness (QED) is 0.510. The first-order valence-corrected chi connectivity index (χ1v) is 9.45. The lowest BCUT2D eigenvalue weighted by Crippen LogP contribution is -2.47. The number of hydrogen-bond acceptors (Lipinski definition) is 8. The number of amides is 1. The van der Waals surface area contributed by atoms with Crippen LogP contribution in [0, 0.1) is 17.0 Å². The van der Waals surface area contributed by atoms with Gasteiger partial charge in [-0.15, -0.1) is 0 Å². The second-order valence-corrected chi connectivity index (χ2v) is 7.54. The number of carbonyl (C=O) groups excluding carboxylic acids is 1. The number of nitrogens with zero attached hydrogens (tertiary/aromatic N) is 7. The van der Waals surface area contributed by atoms with E-state index in [4.69, 9.17) is 0 Å². The third-order valence-corrected chi connectivity index (χ3v) is 5.38. The van der Waals surface area contributed by atoms with Crippen molar-refractivity contribution in [3.63, 3.8) is 0 Å². The van der Waals surface area contributed by atoms with Crippen LogP contribution in [0.2, 0.25) is 0 Å². The van der Waals surface area contributed by atoms with Gasteiger partial charge >= 0.3 is 5.82 Å². The molecule has 11 nitrogen and oxygen atoms in total. The summed E-state index contributed by atoms with van der Waals surface area (Å²) >= 11 is 1.20. The molecule has 3 aromatic heterocycles. The van der Waals surface area contributed by atoms with Crippen molar-refractivity contribution in [2.24, 2.45) is 0 Å². The monoisotopic (exact) mass is 402 g/mol. The van der Waals surface area contributed by atoms with Gasteiger partial charge in [-0.25, -0.2) is 9.97 Å². The molecule has 4 rings (SSSR count). The van der Waals surface area contributed by atoms with Crippen LogP contribution in [0.5, 0.6) is 0 Å². The van der Waals surface area contributed by atoms with Gasteiger partial charge in [-0.05, 0) is 36.7 Å². The Kier molecular flexibility index (Phi) is 4.73. The fraction of sp³-hybridized carbons (Fsp3) is 0.375. The highest BCUT2D eigenvalue weighted by molar-refractivity contribution is 7.99. The molecule has 146 valence electrons. The number of rotatable bonds is 4. The number of likely N-dealkylation sites (N-methyl/N-ethyl adjacent to an activating group) is 1. The molecular weight excluding hydrogens is 384 g/mol. The van der Waals surface area contributed by atoms with Gasteiger partial charge in [-0.3, -0.25) is 4.79 Å². The van der Waals surface area contributed by atoms with Gasteiger partial charge in [-0.1, -0.05) is 9.61 Å². The minimum Gasteiger partial charge on any atom is -0.358 e. The summed E-state index contributed by atoms with van der Waals surface area (Å²) in [6, 6.07) is 3.35. The molecule has 1 aliphatic heterocycles. The lowest BCUT2D eigenvalue weighted by Gasteiger charge is -2.32. The SMILES string of the molecule is Cc1[nH]c(Sc2ccc3ncc([N+](=O)[O-])n3n2)nc1C(=O)N1CCN(C)CC1. The minimum absolute atomic E-state index is 0.0950. The Morgan fingerprint density at radius 1 is 1.29 bits per heavy atom. The van der Waals surface area contributed by atoms with Crippen molar-refractivity contribution in [2.75, 3.05) is 33.2 Å². The zero-order valence-corrected chi connectivity index (χ0v) is 16.1. The summed E-state index contributed by atoms with van der Waals surface area (Å²) in [5.41, 5.74) is 1.46. The standard InChI is InChI=1S/C16H18N8O3S/c1-10-14(15(25)22-7-5-21(2)6-8-22)19-16(18-10)28-12-4-3-11-17-9-13(24(26)27)23(11)20-12/h3-4,9H,5-8H2,1-2H3,(H,18,19). The molecule has 1 amide bonds. The fourth-order valence-corrected chi connectivity index (χ4v) is 3.77. The smallest absolute Gasteiger partial charge is 0.358 e. The van der Waals surface area contributed by atoms with Crippen LogP contribution in [0.4, 0.5) is 5.82 Å². The molecule has 1 saturated heterocycles. The van der Waals surface area contributed by atoms with E-state index in [9.17, 15) is 14.9 Å². The van der Waals surface area contributed by atoms with Gasteiger partial charge in [0.15, 0.2) is 5.16 Å². The van der Waals surface area contributed by atoms with E-state index >= 15 is 0 Å². The van der Waals surface area contributed by atoms with E-state index in [1.807, 2.05) is 7.05 Å². The molecular formula is C16H18N8O3S. The van der Waals surface area contributed by atoms with Crippen molar-refractivity contribution in [2.45, 2.75) is 17.1 Å². The Morgan fingerprint density at radius 3 is 2.75 bits per heavy atom. The summed E-state index contributed by atoms with van der Waals surface area (Å²) in [4.78, 5) is 38.8. The molecule has 0 atom stereocenters. The number of piperazine rings is 1. The van der Waals surface area contributed by atoms with E-state index in [-0.39, 0.29) is 11.7 Å². The number of H-pyrrole nitrogens is 1. The molecule has 0 radical (unpaired) electrons. The molecule has 0 bridgehead atoms. The maximum Gasteiger partial charge on any atom is 0.368 e. The summed E-state index contributed by atoms with van der Waals surface area (Å²) in [5, 5.41) is 16.3. The predicted octanol–water partition coefficient (Wildman–Crippen LogP) is 1.21. The largest absolute Gasteiger partial charge is 0.368 e. The first kappa shape index (κ1) is 18.4. The molecule has 1 fully saturated rings. The third kappa shape index (κ3) is 3.43. The predicted molar refractivity (Wildman–Crippen MR) is 100 cm³/mol. The van der Waals surface area contributed by atoms with Gasteiger partial charge < -0.3 is 24.9 Å².